The molecule has 6 rings (SSSR count). The first kappa shape index (κ1) is 35.0. The summed E-state index contributed by atoms with van der Waals surface area (Å²) in [5, 5.41) is 23.0. The number of anilines is 1. The Kier molecular flexibility index (Phi) is 11.3. The molecule has 1 fully saturated rings. The summed E-state index contributed by atoms with van der Waals surface area (Å²) in [6.45, 7) is 7.30. The van der Waals surface area contributed by atoms with Crippen LogP contribution in [0.5, 0.6) is 17.2 Å². The van der Waals surface area contributed by atoms with Crippen molar-refractivity contribution in [3.05, 3.63) is 107 Å². The van der Waals surface area contributed by atoms with Crippen molar-refractivity contribution < 1.29 is 28.9 Å². The third-order valence-corrected chi connectivity index (χ3v) is 10.4. The van der Waals surface area contributed by atoms with Gasteiger partial charge in [-0.05, 0) is 78.6 Å². The zero-order valence-corrected chi connectivity index (χ0v) is 29.9. The lowest BCUT2D eigenvalue weighted by Crippen LogP contribution is -2.29. The molecule has 50 heavy (non-hydrogen) atoms. The topological polar surface area (TPSA) is 111 Å². The number of carbonyl (C=O) groups excluding carboxylic acids is 2. The lowest BCUT2D eigenvalue weighted by Gasteiger charge is -2.23. The predicted molar refractivity (Wildman–Crippen MR) is 198 cm³/mol. The fourth-order valence-corrected chi connectivity index (χ4v) is 7.78. The summed E-state index contributed by atoms with van der Waals surface area (Å²) in [5.74, 6) is 0.399. The number of aromatic nitrogens is 2. The standard InChI is InChI=1S/C39H39N3O6S2/c1-4-7-10-22-48-31-21-18-27(23-32(31)47-6-3)34-33(35(43)26-16-19-29(20-17-26)46-5-2)36(44)37(45)42(34)38-40-41-39(50-38)49-24-28-14-11-13-25-12-8-9-15-30(25)28/h8-9,11-21,23,34,43H,4-7,10,22,24H2,1-3H3/b35-33+. The molecule has 5 aromatic rings. The Labute approximate surface area is 299 Å². The minimum absolute atomic E-state index is 0.0571. The van der Waals surface area contributed by atoms with E-state index in [0.717, 1.165) is 35.6 Å². The van der Waals surface area contributed by atoms with Gasteiger partial charge in [0.05, 0.1) is 31.4 Å². The number of unbranched alkanes of at least 4 members (excludes halogenated alkanes) is 2. The highest BCUT2D eigenvalue weighted by Gasteiger charge is 2.48. The van der Waals surface area contributed by atoms with Crippen molar-refractivity contribution in [1.29, 1.82) is 0 Å². The Hall–Kier alpha value is -4.87. The largest absolute Gasteiger partial charge is 0.507 e. The van der Waals surface area contributed by atoms with Crippen molar-refractivity contribution in [2.45, 2.75) is 56.2 Å². The maximum absolute atomic E-state index is 13.9. The van der Waals surface area contributed by atoms with E-state index in [0.29, 0.717) is 58.3 Å². The van der Waals surface area contributed by atoms with E-state index < -0.39 is 17.7 Å². The van der Waals surface area contributed by atoms with E-state index in [2.05, 4.69) is 41.4 Å². The highest BCUT2D eigenvalue weighted by atomic mass is 32.2. The molecule has 1 N–H and O–H groups in total. The smallest absolute Gasteiger partial charge is 0.301 e. The summed E-state index contributed by atoms with van der Waals surface area (Å²) < 4.78 is 18.2. The zero-order valence-electron chi connectivity index (χ0n) is 28.3. The Morgan fingerprint density at radius 3 is 2.42 bits per heavy atom. The molecule has 1 unspecified atom stereocenters. The molecule has 1 amide bonds. The van der Waals surface area contributed by atoms with Crippen LogP contribution < -0.4 is 19.1 Å². The fourth-order valence-electron chi connectivity index (χ4n) is 5.91. The Morgan fingerprint density at radius 1 is 0.860 bits per heavy atom. The maximum Gasteiger partial charge on any atom is 0.301 e. The molecule has 0 bridgehead atoms. The number of aliphatic hydroxyl groups is 1. The number of carbonyl (C=O) groups is 2. The first-order chi connectivity index (χ1) is 24.4. The first-order valence-corrected chi connectivity index (χ1v) is 18.6. The second-order valence-corrected chi connectivity index (χ2v) is 13.8. The van der Waals surface area contributed by atoms with Crippen LogP contribution in [-0.2, 0) is 15.3 Å². The highest BCUT2D eigenvalue weighted by Crippen LogP contribution is 2.46. The fraction of sp³-hybridized carbons (Fsp3) is 0.282. The van der Waals surface area contributed by atoms with Gasteiger partial charge in [-0.25, -0.2) is 0 Å². The molecule has 2 heterocycles. The number of ketones is 1. The van der Waals surface area contributed by atoms with Gasteiger partial charge in [-0.3, -0.25) is 14.5 Å². The Balaban J connectivity index is 1.38. The molecular formula is C39H39N3O6S2. The van der Waals surface area contributed by atoms with Crippen LogP contribution in [0.2, 0.25) is 0 Å². The molecule has 11 heteroatoms. The summed E-state index contributed by atoms with van der Waals surface area (Å²) in [4.78, 5) is 29.0. The maximum atomic E-state index is 13.9. The van der Waals surface area contributed by atoms with Gasteiger partial charge in [0.2, 0.25) is 5.13 Å². The van der Waals surface area contributed by atoms with Crippen LogP contribution in [0.15, 0.2) is 94.8 Å². The molecule has 9 nitrogen and oxygen atoms in total. The Morgan fingerprint density at radius 2 is 1.64 bits per heavy atom. The van der Waals surface area contributed by atoms with Crippen LogP contribution in [0, 0.1) is 0 Å². The SMILES string of the molecule is CCCCCOc1ccc(C2/C(=C(\O)c3ccc(OCC)cc3)C(=O)C(=O)N2c2nnc(SCc3cccc4ccccc34)s2)cc1OCC. The number of Topliss-reactive ketones (excluding diaryl/α,β-unsaturated/α-hetero) is 1. The van der Waals surface area contributed by atoms with Gasteiger partial charge in [0.25, 0.3) is 5.78 Å². The summed E-state index contributed by atoms with van der Waals surface area (Å²) in [6, 6.07) is 25.5. The molecule has 1 aliphatic heterocycles. The summed E-state index contributed by atoms with van der Waals surface area (Å²) in [7, 11) is 0. The van der Waals surface area contributed by atoms with Crippen molar-refractivity contribution in [2.24, 2.45) is 0 Å². The molecule has 0 radical (unpaired) electrons. The number of thioether (sulfide) groups is 1. The van der Waals surface area contributed by atoms with E-state index in [1.54, 1.807) is 42.5 Å². The third-order valence-electron chi connectivity index (χ3n) is 8.30. The predicted octanol–water partition coefficient (Wildman–Crippen LogP) is 8.98. The number of ether oxygens (including phenoxy) is 3. The normalized spacial score (nSPS) is 15.5. The minimum atomic E-state index is -1.00. The van der Waals surface area contributed by atoms with Gasteiger partial charge < -0.3 is 19.3 Å². The number of amides is 1. The number of nitrogens with zero attached hydrogens (tertiary/aromatic N) is 3. The van der Waals surface area contributed by atoms with E-state index in [9.17, 15) is 14.7 Å². The summed E-state index contributed by atoms with van der Waals surface area (Å²) in [6.07, 6.45) is 3.03. The van der Waals surface area contributed by atoms with Crippen LogP contribution in [0.1, 0.15) is 62.8 Å². The van der Waals surface area contributed by atoms with E-state index in [1.807, 2.05) is 32.0 Å². The Bertz CT molecular complexity index is 2000. The second-order valence-electron chi connectivity index (χ2n) is 11.6. The van der Waals surface area contributed by atoms with E-state index >= 15 is 0 Å². The molecule has 1 atom stereocenters. The lowest BCUT2D eigenvalue weighted by atomic mass is 9.95. The highest BCUT2D eigenvalue weighted by molar-refractivity contribution is 8.00. The summed E-state index contributed by atoms with van der Waals surface area (Å²) >= 11 is 2.74. The van der Waals surface area contributed by atoms with Crippen LogP contribution in [-0.4, -0.2) is 46.8 Å². The van der Waals surface area contributed by atoms with Crippen molar-refractivity contribution in [3.8, 4) is 17.2 Å². The molecule has 1 saturated heterocycles. The van der Waals surface area contributed by atoms with Gasteiger partial charge in [0, 0.05) is 11.3 Å². The number of hydrogen-bond donors (Lipinski definition) is 1. The number of benzene rings is 4. The van der Waals surface area contributed by atoms with Crippen molar-refractivity contribution in [3.63, 3.8) is 0 Å². The average molecular weight is 710 g/mol. The van der Waals surface area contributed by atoms with Crippen molar-refractivity contribution in [2.75, 3.05) is 24.7 Å². The number of rotatable bonds is 15. The zero-order chi connectivity index (χ0) is 35.0. The van der Waals surface area contributed by atoms with Crippen LogP contribution in [0.4, 0.5) is 5.13 Å². The van der Waals surface area contributed by atoms with Crippen molar-refractivity contribution in [1.82, 2.24) is 10.2 Å². The minimum Gasteiger partial charge on any atom is -0.507 e. The number of aliphatic hydroxyl groups excluding tert-OH is 1. The van der Waals surface area contributed by atoms with Gasteiger partial charge in [0.15, 0.2) is 15.8 Å². The van der Waals surface area contributed by atoms with Gasteiger partial charge in [-0.2, -0.15) is 0 Å². The monoisotopic (exact) mass is 709 g/mol. The average Bonchev–Trinajstić information content (AvgIpc) is 3.71. The van der Waals surface area contributed by atoms with E-state index in [-0.39, 0.29) is 16.5 Å². The molecule has 1 aromatic heterocycles. The summed E-state index contributed by atoms with van der Waals surface area (Å²) in [5.41, 5.74) is 2.03. The van der Waals surface area contributed by atoms with Gasteiger partial charge in [-0.15, -0.1) is 10.2 Å². The van der Waals surface area contributed by atoms with Crippen LogP contribution in [0.25, 0.3) is 16.5 Å². The van der Waals surface area contributed by atoms with Gasteiger partial charge in [0.1, 0.15) is 11.5 Å². The van der Waals surface area contributed by atoms with Crippen LogP contribution in [0.3, 0.4) is 0 Å². The molecule has 0 aliphatic carbocycles. The molecule has 0 saturated carbocycles. The quantitative estimate of drug-likeness (QED) is 0.0284. The lowest BCUT2D eigenvalue weighted by molar-refractivity contribution is -0.132. The molecule has 4 aromatic carbocycles. The van der Waals surface area contributed by atoms with E-state index in [4.69, 9.17) is 14.2 Å². The molecule has 1 aliphatic rings. The number of fused-ring (bicyclic) bond motifs is 1. The molecule has 0 spiro atoms. The van der Waals surface area contributed by atoms with Gasteiger partial charge >= 0.3 is 5.91 Å². The second kappa shape index (κ2) is 16.2. The van der Waals surface area contributed by atoms with E-state index in [1.165, 1.54) is 28.0 Å². The molecular weight excluding hydrogens is 671 g/mol. The number of hydrogen-bond acceptors (Lipinski definition) is 10. The third kappa shape index (κ3) is 7.49. The van der Waals surface area contributed by atoms with Gasteiger partial charge in [-0.1, -0.05) is 91.4 Å². The van der Waals surface area contributed by atoms with Crippen molar-refractivity contribution >= 4 is 56.5 Å². The first-order valence-electron chi connectivity index (χ1n) is 16.8. The molecule has 258 valence electrons. The van der Waals surface area contributed by atoms with Crippen LogP contribution >= 0.6 is 23.1 Å².